The third kappa shape index (κ3) is 3.36. The Morgan fingerprint density at radius 3 is 2.55 bits per heavy atom. The lowest BCUT2D eigenvalue weighted by molar-refractivity contribution is -0.126. The predicted octanol–water partition coefficient (Wildman–Crippen LogP) is 2.06. The Balaban J connectivity index is 1.55. The fourth-order valence-corrected chi connectivity index (χ4v) is 5.57. The molecule has 1 atom stereocenters. The second-order valence-electron chi connectivity index (χ2n) is 6.25. The van der Waals surface area contributed by atoms with E-state index in [1.54, 1.807) is 17.5 Å². The molecule has 1 aliphatic heterocycles. The van der Waals surface area contributed by atoms with Crippen molar-refractivity contribution in [2.45, 2.75) is 42.9 Å². The molecule has 1 aromatic rings. The number of piperidine rings is 1. The van der Waals surface area contributed by atoms with Crippen molar-refractivity contribution in [3.63, 3.8) is 0 Å². The molecule has 2 heterocycles. The molecule has 0 aromatic carbocycles. The van der Waals surface area contributed by atoms with Gasteiger partial charge in [0.2, 0.25) is 5.91 Å². The monoisotopic (exact) mass is 342 g/mol. The van der Waals surface area contributed by atoms with E-state index in [9.17, 15) is 13.2 Å². The third-order valence-electron chi connectivity index (χ3n) is 4.61. The van der Waals surface area contributed by atoms with E-state index in [1.165, 1.54) is 28.5 Å². The van der Waals surface area contributed by atoms with Gasteiger partial charge < -0.3 is 5.32 Å². The van der Waals surface area contributed by atoms with Gasteiger partial charge in [-0.05, 0) is 50.0 Å². The maximum absolute atomic E-state index is 12.4. The van der Waals surface area contributed by atoms with E-state index in [2.05, 4.69) is 12.2 Å². The number of carbonyl (C=O) groups is 1. The summed E-state index contributed by atoms with van der Waals surface area (Å²) in [6.07, 6.45) is 3.62. The molecule has 1 saturated carbocycles. The highest BCUT2D eigenvalue weighted by Gasteiger charge is 2.34. The van der Waals surface area contributed by atoms with E-state index in [0.717, 1.165) is 0 Å². The number of carbonyl (C=O) groups excluding carboxylic acids is 1. The van der Waals surface area contributed by atoms with Crippen molar-refractivity contribution in [2.75, 3.05) is 13.1 Å². The Labute approximate surface area is 135 Å². The quantitative estimate of drug-likeness (QED) is 0.891. The number of sulfonamides is 1. The summed E-state index contributed by atoms with van der Waals surface area (Å²) in [6, 6.07) is 3.63. The zero-order valence-corrected chi connectivity index (χ0v) is 14.3. The first kappa shape index (κ1) is 16.0. The maximum Gasteiger partial charge on any atom is 0.252 e. The van der Waals surface area contributed by atoms with Gasteiger partial charge in [0, 0.05) is 25.0 Å². The highest BCUT2D eigenvalue weighted by atomic mass is 32.2. The fraction of sp³-hybridized carbons (Fsp3) is 0.667. The molecule has 1 aliphatic carbocycles. The summed E-state index contributed by atoms with van der Waals surface area (Å²) in [5, 5.41) is 4.86. The van der Waals surface area contributed by atoms with Gasteiger partial charge in [-0.2, -0.15) is 4.31 Å². The Hall–Kier alpha value is -0.920. The Bertz CT molecular complexity index is 615. The fourth-order valence-electron chi connectivity index (χ4n) is 2.95. The number of rotatable bonds is 5. The Kier molecular flexibility index (Phi) is 4.56. The molecular weight excluding hydrogens is 320 g/mol. The van der Waals surface area contributed by atoms with Crippen LogP contribution in [0.25, 0.3) is 0 Å². The van der Waals surface area contributed by atoms with Crippen LogP contribution in [0.3, 0.4) is 0 Å². The normalized spacial score (nSPS) is 22.4. The molecule has 0 radical (unpaired) electrons. The molecule has 1 N–H and O–H groups in total. The smallest absolute Gasteiger partial charge is 0.252 e. The van der Waals surface area contributed by atoms with Crippen molar-refractivity contribution in [3.8, 4) is 0 Å². The first-order valence-electron chi connectivity index (χ1n) is 7.82. The molecule has 1 amide bonds. The number of amides is 1. The van der Waals surface area contributed by atoms with E-state index >= 15 is 0 Å². The van der Waals surface area contributed by atoms with Gasteiger partial charge in [0.25, 0.3) is 10.0 Å². The van der Waals surface area contributed by atoms with Crippen LogP contribution in [-0.4, -0.2) is 37.8 Å². The van der Waals surface area contributed by atoms with Crippen LogP contribution in [0, 0.1) is 11.8 Å². The minimum Gasteiger partial charge on any atom is -0.353 e. The van der Waals surface area contributed by atoms with E-state index in [-0.39, 0.29) is 17.9 Å². The molecular formula is C15H22N2O3S2. The minimum atomic E-state index is -3.37. The molecule has 5 nitrogen and oxygen atoms in total. The summed E-state index contributed by atoms with van der Waals surface area (Å²) in [5.41, 5.74) is 0. The second-order valence-corrected chi connectivity index (χ2v) is 9.36. The number of thiophene rings is 1. The SMILES string of the molecule is C[C@@H](NC(=O)C1CCN(S(=O)(=O)c2cccs2)CC1)C1CC1. The molecule has 1 saturated heterocycles. The molecule has 1 aromatic heterocycles. The largest absolute Gasteiger partial charge is 0.353 e. The highest BCUT2D eigenvalue weighted by molar-refractivity contribution is 7.91. The van der Waals surface area contributed by atoms with Crippen LogP contribution in [0.1, 0.15) is 32.6 Å². The van der Waals surface area contributed by atoms with Crippen LogP contribution in [-0.2, 0) is 14.8 Å². The first-order chi connectivity index (χ1) is 10.5. The Morgan fingerprint density at radius 2 is 2.00 bits per heavy atom. The number of nitrogens with zero attached hydrogens (tertiary/aromatic N) is 1. The lowest BCUT2D eigenvalue weighted by Crippen LogP contribution is -2.45. The van der Waals surface area contributed by atoms with Crippen LogP contribution in [0.4, 0.5) is 0 Å². The van der Waals surface area contributed by atoms with Gasteiger partial charge >= 0.3 is 0 Å². The highest BCUT2D eigenvalue weighted by Crippen LogP contribution is 2.33. The molecule has 122 valence electrons. The lowest BCUT2D eigenvalue weighted by atomic mass is 9.96. The van der Waals surface area contributed by atoms with Gasteiger partial charge in [-0.15, -0.1) is 11.3 Å². The van der Waals surface area contributed by atoms with Crippen molar-refractivity contribution in [3.05, 3.63) is 17.5 Å². The molecule has 0 unspecified atom stereocenters. The molecule has 0 spiro atoms. The molecule has 22 heavy (non-hydrogen) atoms. The molecule has 0 bridgehead atoms. The van der Waals surface area contributed by atoms with Crippen molar-refractivity contribution in [2.24, 2.45) is 11.8 Å². The van der Waals surface area contributed by atoms with E-state index in [0.29, 0.717) is 36.1 Å². The standard InChI is InChI=1S/C15H22N2O3S2/c1-11(12-4-5-12)16-15(18)13-6-8-17(9-7-13)22(19,20)14-3-2-10-21-14/h2-3,10-13H,4-9H2,1H3,(H,16,18)/t11-/m1/s1. The minimum absolute atomic E-state index is 0.0593. The first-order valence-corrected chi connectivity index (χ1v) is 10.1. The average molecular weight is 342 g/mol. The van der Waals surface area contributed by atoms with Crippen LogP contribution in [0.15, 0.2) is 21.7 Å². The topological polar surface area (TPSA) is 66.5 Å². The van der Waals surface area contributed by atoms with Gasteiger partial charge in [0.15, 0.2) is 0 Å². The van der Waals surface area contributed by atoms with Crippen molar-refractivity contribution in [1.82, 2.24) is 9.62 Å². The number of hydrogen-bond acceptors (Lipinski definition) is 4. The van der Waals surface area contributed by atoms with Gasteiger partial charge in [-0.3, -0.25) is 4.79 Å². The zero-order valence-electron chi connectivity index (χ0n) is 12.7. The summed E-state index contributed by atoms with van der Waals surface area (Å²) in [7, 11) is -3.37. The molecule has 7 heteroatoms. The van der Waals surface area contributed by atoms with Gasteiger partial charge in [0.1, 0.15) is 4.21 Å². The number of nitrogens with one attached hydrogen (secondary N) is 1. The summed E-state index contributed by atoms with van der Waals surface area (Å²) in [4.78, 5) is 12.2. The zero-order chi connectivity index (χ0) is 15.7. The van der Waals surface area contributed by atoms with Crippen molar-refractivity contribution >= 4 is 27.3 Å². The predicted molar refractivity (Wildman–Crippen MR) is 86.1 cm³/mol. The lowest BCUT2D eigenvalue weighted by Gasteiger charge is -2.30. The van der Waals surface area contributed by atoms with Crippen LogP contribution in [0.5, 0.6) is 0 Å². The van der Waals surface area contributed by atoms with E-state index in [4.69, 9.17) is 0 Å². The molecule has 2 fully saturated rings. The third-order valence-corrected chi connectivity index (χ3v) is 7.88. The van der Waals surface area contributed by atoms with Crippen molar-refractivity contribution in [1.29, 1.82) is 0 Å². The maximum atomic E-state index is 12.4. The van der Waals surface area contributed by atoms with Crippen LogP contribution >= 0.6 is 11.3 Å². The van der Waals surface area contributed by atoms with Gasteiger partial charge in [-0.1, -0.05) is 6.07 Å². The second kappa shape index (κ2) is 6.29. The van der Waals surface area contributed by atoms with Crippen LogP contribution in [0.2, 0.25) is 0 Å². The molecule has 3 rings (SSSR count). The summed E-state index contributed by atoms with van der Waals surface area (Å²) in [5.74, 6) is 0.673. The van der Waals surface area contributed by atoms with Gasteiger partial charge in [0.05, 0.1) is 0 Å². The Morgan fingerprint density at radius 1 is 1.32 bits per heavy atom. The summed E-state index contributed by atoms with van der Waals surface area (Å²) >= 11 is 1.24. The van der Waals surface area contributed by atoms with Crippen molar-refractivity contribution < 1.29 is 13.2 Å². The van der Waals surface area contributed by atoms with E-state index in [1.807, 2.05) is 0 Å². The van der Waals surface area contributed by atoms with Crippen LogP contribution < -0.4 is 5.32 Å². The van der Waals surface area contributed by atoms with Gasteiger partial charge in [-0.25, -0.2) is 8.42 Å². The number of hydrogen-bond donors (Lipinski definition) is 1. The summed E-state index contributed by atoms with van der Waals surface area (Å²) < 4.78 is 26.8. The summed E-state index contributed by atoms with van der Waals surface area (Å²) in [6.45, 7) is 2.91. The average Bonchev–Trinajstić information content (AvgIpc) is 3.21. The molecule has 2 aliphatic rings. The van der Waals surface area contributed by atoms with E-state index < -0.39 is 10.0 Å².